The number of nitrogens with two attached hydrogens (primary N) is 1. The van der Waals surface area contributed by atoms with Crippen LogP contribution in [0.15, 0.2) is 18.3 Å². The van der Waals surface area contributed by atoms with Gasteiger partial charge in [-0.05, 0) is 57.1 Å². The largest absolute Gasteiger partial charge is 0.419 e. The standard InChI is InChI=1S/C23H28F3N5O/c1-11(2)31-20(7-19(29-31)12-3-18(23(24,25)26)22(27)28-8-12)21-16-5-13(6-17(16)21)30-9-15-4-14(30)10-32-15/h3,7-8,11,13-17,21H,4-6,9-10H2,1-2H3,(H2,27,28)/t13-,14-,15-,16-,17+,21-/m0/s1. The minimum Gasteiger partial charge on any atom is -0.383 e. The van der Waals surface area contributed by atoms with E-state index in [1.165, 1.54) is 25.5 Å². The number of nitrogens with zero attached hydrogens (tertiary/aromatic N) is 4. The van der Waals surface area contributed by atoms with Gasteiger partial charge in [-0.1, -0.05) is 0 Å². The van der Waals surface area contributed by atoms with E-state index in [2.05, 4.69) is 23.7 Å². The molecule has 0 aromatic carbocycles. The molecular weight excluding hydrogens is 419 g/mol. The molecule has 0 amide bonds. The third-order valence-corrected chi connectivity index (χ3v) is 7.95. The topological polar surface area (TPSA) is 69.2 Å². The number of ether oxygens (including phenoxy) is 1. The SMILES string of the molecule is CC(C)n1nc(-c2cnc(N)c(C(F)(F)F)c2)cc1[C@@H]1[C@@H]2C[C@@H](N3C[C@@H]4C[C@H]3CO4)C[C@@H]21. The van der Waals surface area contributed by atoms with E-state index in [0.717, 1.165) is 24.9 Å². The molecule has 4 fully saturated rings. The molecule has 4 heterocycles. The predicted octanol–water partition coefficient (Wildman–Crippen LogP) is 4.09. The summed E-state index contributed by atoms with van der Waals surface area (Å²) in [5.41, 5.74) is 6.58. The van der Waals surface area contributed by atoms with Crippen LogP contribution in [-0.4, -0.2) is 51.0 Å². The average molecular weight is 448 g/mol. The van der Waals surface area contributed by atoms with Crippen molar-refractivity contribution in [2.75, 3.05) is 18.9 Å². The van der Waals surface area contributed by atoms with E-state index in [4.69, 9.17) is 15.6 Å². The smallest absolute Gasteiger partial charge is 0.383 e. The second-order valence-electron chi connectivity index (χ2n) is 10.2. The van der Waals surface area contributed by atoms with Gasteiger partial charge in [-0.15, -0.1) is 0 Å². The van der Waals surface area contributed by atoms with Crippen molar-refractivity contribution in [1.29, 1.82) is 0 Å². The maximum absolute atomic E-state index is 13.3. The van der Waals surface area contributed by atoms with Crippen LogP contribution in [0, 0.1) is 11.8 Å². The molecule has 2 aromatic rings. The summed E-state index contributed by atoms with van der Waals surface area (Å²) in [5.74, 6) is 1.21. The molecule has 0 spiro atoms. The van der Waals surface area contributed by atoms with Crippen molar-refractivity contribution < 1.29 is 17.9 Å². The Morgan fingerprint density at radius 3 is 2.47 bits per heavy atom. The Hall–Kier alpha value is -2.13. The molecule has 2 aromatic heterocycles. The van der Waals surface area contributed by atoms with Gasteiger partial charge in [-0.2, -0.15) is 18.3 Å². The van der Waals surface area contributed by atoms with Gasteiger partial charge in [0.2, 0.25) is 0 Å². The summed E-state index contributed by atoms with van der Waals surface area (Å²) in [7, 11) is 0. The van der Waals surface area contributed by atoms with Crippen molar-refractivity contribution in [3.05, 3.63) is 29.6 Å². The van der Waals surface area contributed by atoms with Gasteiger partial charge in [0.25, 0.3) is 0 Å². The second-order valence-corrected chi connectivity index (χ2v) is 10.2. The highest BCUT2D eigenvalue weighted by Crippen LogP contribution is 2.64. The van der Waals surface area contributed by atoms with E-state index in [1.54, 1.807) is 0 Å². The summed E-state index contributed by atoms with van der Waals surface area (Å²) >= 11 is 0. The third kappa shape index (κ3) is 3.15. The van der Waals surface area contributed by atoms with Crippen LogP contribution < -0.4 is 5.73 Å². The number of hydrogen-bond donors (Lipinski definition) is 1. The van der Waals surface area contributed by atoms with Crippen LogP contribution in [0.2, 0.25) is 0 Å². The van der Waals surface area contributed by atoms with E-state index in [-0.39, 0.29) is 6.04 Å². The van der Waals surface area contributed by atoms with Crippen molar-refractivity contribution >= 4 is 5.82 Å². The summed E-state index contributed by atoms with van der Waals surface area (Å²) < 4.78 is 47.7. The molecule has 2 bridgehead atoms. The monoisotopic (exact) mass is 447 g/mol. The van der Waals surface area contributed by atoms with Gasteiger partial charge in [0, 0.05) is 48.0 Å². The average Bonchev–Trinajstić information content (AvgIpc) is 3.31. The molecule has 6 atom stereocenters. The number of nitrogen functional groups attached to an aromatic ring is 1. The first kappa shape index (κ1) is 20.5. The van der Waals surface area contributed by atoms with E-state index >= 15 is 0 Å². The van der Waals surface area contributed by atoms with Crippen LogP contribution in [0.5, 0.6) is 0 Å². The quantitative estimate of drug-likeness (QED) is 0.765. The molecule has 2 aliphatic heterocycles. The summed E-state index contributed by atoms with van der Waals surface area (Å²) in [6.45, 7) is 6.06. The molecule has 0 radical (unpaired) electrons. The van der Waals surface area contributed by atoms with Crippen molar-refractivity contribution in [2.24, 2.45) is 11.8 Å². The number of alkyl halides is 3. The number of hydrogen-bond acceptors (Lipinski definition) is 5. The van der Waals surface area contributed by atoms with E-state index in [0.29, 0.717) is 47.2 Å². The van der Waals surface area contributed by atoms with Crippen molar-refractivity contribution in [2.45, 2.75) is 69.4 Å². The lowest BCUT2D eigenvalue weighted by atomic mass is 10.0. The van der Waals surface area contributed by atoms with Crippen molar-refractivity contribution in [3.8, 4) is 11.3 Å². The molecule has 32 heavy (non-hydrogen) atoms. The third-order valence-electron chi connectivity index (χ3n) is 7.95. The summed E-state index contributed by atoms with van der Waals surface area (Å²) in [6, 6.07) is 4.40. The molecule has 2 aliphatic carbocycles. The molecule has 172 valence electrons. The van der Waals surface area contributed by atoms with Crippen LogP contribution in [0.4, 0.5) is 19.0 Å². The van der Waals surface area contributed by atoms with Gasteiger partial charge in [0.05, 0.1) is 24.0 Å². The lowest BCUT2D eigenvalue weighted by molar-refractivity contribution is -0.137. The zero-order valence-electron chi connectivity index (χ0n) is 18.2. The molecule has 6 rings (SSSR count). The number of halogens is 3. The minimum atomic E-state index is -4.54. The number of rotatable bonds is 4. The van der Waals surface area contributed by atoms with E-state index in [1.807, 2.05) is 10.7 Å². The molecule has 0 unspecified atom stereocenters. The van der Waals surface area contributed by atoms with Crippen LogP contribution in [0.1, 0.15) is 56.3 Å². The van der Waals surface area contributed by atoms with Gasteiger partial charge in [-0.3, -0.25) is 9.58 Å². The minimum absolute atomic E-state index is 0.131. The molecular formula is C23H28F3N5O. The fourth-order valence-electron chi connectivity index (χ4n) is 6.45. The Labute approximate surface area is 184 Å². The maximum atomic E-state index is 13.3. The lowest BCUT2D eigenvalue weighted by Crippen LogP contribution is -2.43. The van der Waals surface area contributed by atoms with Crippen LogP contribution in [-0.2, 0) is 10.9 Å². The fourth-order valence-corrected chi connectivity index (χ4v) is 6.45. The Morgan fingerprint density at radius 1 is 1.12 bits per heavy atom. The molecule has 2 N–H and O–H groups in total. The first-order valence-corrected chi connectivity index (χ1v) is 11.5. The maximum Gasteiger partial charge on any atom is 0.419 e. The van der Waals surface area contributed by atoms with Gasteiger partial charge >= 0.3 is 6.18 Å². The van der Waals surface area contributed by atoms with E-state index < -0.39 is 17.6 Å². The van der Waals surface area contributed by atoms with Gasteiger partial charge < -0.3 is 10.5 Å². The zero-order chi connectivity index (χ0) is 22.4. The van der Waals surface area contributed by atoms with E-state index in [9.17, 15) is 13.2 Å². The van der Waals surface area contributed by atoms with Gasteiger partial charge in [0.15, 0.2) is 0 Å². The molecule has 2 saturated heterocycles. The first-order chi connectivity index (χ1) is 15.2. The van der Waals surface area contributed by atoms with Crippen molar-refractivity contribution in [1.82, 2.24) is 19.7 Å². The number of likely N-dealkylation sites (tertiary alicyclic amines) is 1. The number of fused-ring (bicyclic) bond motifs is 3. The number of aromatic nitrogens is 3. The van der Waals surface area contributed by atoms with Crippen molar-refractivity contribution in [3.63, 3.8) is 0 Å². The number of morpholine rings is 1. The molecule has 9 heteroatoms. The normalized spacial score (nSPS) is 33.9. The summed E-state index contributed by atoms with van der Waals surface area (Å²) in [6.07, 6.45) is 0.827. The first-order valence-electron chi connectivity index (χ1n) is 11.5. The lowest BCUT2D eigenvalue weighted by Gasteiger charge is -2.33. The van der Waals surface area contributed by atoms with Crippen LogP contribution >= 0.6 is 0 Å². The number of anilines is 1. The summed E-state index contributed by atoms with van der Waals surface area (Å²) in [5, 5.41) is 4.69. The zero-order valence-corrected chi connectivity index (χ0v) is 18.2. The molecule has 4 aliphatic rings. The predicted molar refractivity (Wildman–Crippen MR) is 113 cm³/mol. The molecule has 2 saturated carbocycles. The van der Waals surface area contributed by atoms with Gasteiger partial charge in [-0.25, -0.2) is 4.98 Å². The highest BCUT2D eigenvalue weighted by Gasteiger charge is 2.60. The van der Waals surface area contributed by atoms with Crippen LogP contribution in [0.25, 0.3) is 11.3 Å². The number of pyridine rings is 1. The Kier molecular flexibility index (Phi) is 4.44. The Balaban J connectivity index is 1.24. The molecule has 6 nitrogen and oxygen atoms in total. The van der Waals surface area contributed by atoms with Gasteiger partial charge in [0.1, 0.15) is 5.82 Å². The Morgan fingerprint density at radius 2 is 1.88 bits per heavy atom. The highest BCUT2D eigenvalue weighted by atomic mass is 19.4. The summed E-state index contributed by atoms with van der Waals surface area (Å²) in [4.78, 5) is 6.46. The Bertz CT molecular complexity index is 1040. The fraction of sp³-hybridized carbons (Fsp3) is 0.652. The van der Waals surface area contributed by atoms with Crippen LogP contribution in [0.3, 0.4) is 0 Å². The highest BCUT2D eigenvalue weighted by molar-refractivity contribution is 5.63. The second kappa shape index (κ2) is 6.93.